The summed E-state index contributed by atoms with van der Waals surface area (Å²) in [6, 6.07) is 18.5. The van der Waals surface area contributed by atoms with Crippen molar-refractivity contribution in [2.75, 3.05) is 44.5 Å². The summed E-state index contributed by atoms with van der Waals surface area (Å²) in [5.41, 5.74) is 3.68. The van der Waals surface area contributed by atoms with Crippen LogP contribution in [0.25, 0.3) is 10.2 Å². The maximum Gasteiger partial charge on any atom is 0.355 e. The van der Waals surface area contributed by atoms with Gasteiger partial charge in [0.05, 0.1) is 16.8 Å². The SMILES string of the molecule is Cc1cc(N(C)c2nc(C(=O)O)c(CCCOc3ccc(C45CC(C4)[C@@H](CN(C)C)C5)cc3)s2)nnc1Nc1nc2ccccc2s1. The highest BCUT2D eigenvalue weighted by Crippen LogP contribution is 2.62. The number of nitrogens with one attached hydrogen (secondary N) is 1. The van der Waals surface area contributed by atoms with E-state index in [-0.39, 0.29) is 5.69 Å². The molecule has 0 amide bonds. The van der Waals surface area contributed by atoms with E-state index >= 15 is 0 Å². The first-order valence-corrected chi connectivity index (χ1v) is 17.6. The number of anilines is 4. The molecule has 3 aliphatic carbocycles. The molecule has 0 saturated heterocycles. The fourth-order valence-electron chi connectivity index (χ4n) is 7.18. The molecule has 8 rings (SSSR count). The van der Waals surface area contributed by atoms with Gasteiger partial charge >= 0.3 is 5.97 Å². The van der Waals surface area contributed by atoms with E-state index in [1.165, 1.54) is 42.7 Å². The minimum absolute atomic E-state index is 0.0715. The summed E-state index contributed by atoms with van der Waals surface area (Å²) in [6.07, 6.45) is 5.13. The number of rotatable bonds is 13. The van der Waals surface area contributed by atoms with Crippen LogP contribution in [0.15, 0.2) is 54.6 Å². The number of carboxylic acid groups (broad SMARTS) is 1. The van der Waals surface area contributed by atoms with Crippen LogP contribution in [0.1, 0.15) is 52.2 Å². The Labute approximate surface area is 282 Å². The summed E-state index contributed by atoms with van der Waals surface area (Å²) < 4.78 is 7.16. The van der Waals surface area contributed by atoms with Gasteiger partial charge in [0.15, 0.2) is 27.6 Å². The monoisotopic (exact) mass is 669 g/mol. The van der Waals surface area contributed by atoms with Crippen molar-refractivity contribution < 1.29 is 14.6 Å². The third-order valence-corrected chi connectivity index (χ3v) is 11.7. The molecule has 3 heterocycles. The van der Waals surface area contributed by atoms with Crippen molar-refractivity contribution in [1.29, 1.82) is 0 Å². The van der Waals surface area contributed by atoms with Gasteiger partial charge in [-0.3, -0.25) is 0 Å². The third-order valence-electron chi connectivity index (χ3n) is 9.52. The fraction of sp³-hybridized carbons (Fsp3) is 0.400. The van der Waals surface area contributed by atoms with Crippen LogP contribution in [-0.2, 0) is 11.8 Å². The Balaban J connectivity index is 0.947. The van der Waals surface area contributed by atoms with Crippen LogP contribution in [0.3, 0.4) is 0 Å². The number of aromatic carboxylic acids is 1. The Morgan fingerprint density at radius 3 is 2.55 bits per heavy atom. The predicted molar refractivity (Wildman–Crippen MR) is 188 cm³/mol. The Morgan fingerprint density at radius 2 is 1.83 bits per heavy atom. The number of hydrogen-bond acceptors (Lipinski definition) is 11. The molecule has 3 saturated carbocycles. The van der Waals surface area contributed by atoms with E-state index in [1.54, 1.807) is 16.2 Å². The lowest BCUT2D eigenvalue weighted by Gasteiger charge is -2.39. The molecule has 1 atom stereocenters. The zero-order chi connectivity index (χ0) is 32.7. The molecule has 0 radical (unpaired) electrons. The van der Waals surface area contributed by atoms with Gasteiger partial charge in [0.25, 0.3) is 0 Å². The number of benzene rings is 2. The van der Waals surface area contributed by atoms with Crippen LogP contribution in [0, 0.1) is 18.8 Å². The molecule has 0 spiro atoms. The van der Waals surface area contributed by atoms with Crippen molar-refractivity contribution in [3.05, 3.63) is 76.3 Å². The lowest BCUT2D eigenvalue weighted by molar-refractivity contribution is 0.0690. The zero-order valence-electron chi connectivity index (χ0n) is 27.1. The van der Waals surface area contributed by atoms with E-state index in [1.807, 2.05) is 44.3 Å². The molecule has 5 aromatic rings. The third kappa shape index (κ3) is 6.41. The quantitative estimate of drug-likeness (QED) is 0.124. The highest BCUT2D eigenvalue weighted by atomic mass is 32.1. The number of para-hydroxylation sites is 1. The lowest BCUT2D eigenvalue weighted by atomic mass is 9.65. The minimum Gasteiger partial charge on any atom is -0.494 e. The Kier molecular flexibility index (Phi) is 8.58. The van der Waals surface area contributed by atoms with Crippen molar-refractivity contribution >= 4 is 60.8 Å². The summed E-state index contributed by atoms with van der Waals surface area (Å²) in [5.74, 6) is 2.67. The van der Waals surface area contributed by atoms with E-state index in [0.717, 1.165) is 38.5 Å². The largest absolute Gasteiger partial charge is 0.494 e. The average molecular weight is 670 g/mol. The van der Waals surface area contributed by atoms with E-state index in [2.05, 4.69) is 68.7 Å². The summed E-state index contributed by atoms with van der Waals surface area (Å²) in [7, 11) is 6.16. The first-order valence-electron chi connectivity index (χ1n) is 16.0. The smallest absolute Gasteiger partial charge is 0.355 e. The van der Waals surface area contributed by atoms with Gasteiger partial charge < -0.3 is 25.0 Å². The second-order valence-electron chi connectivity index (χ2n) is 13.1. The maximum absolute atomic E-state index is 12.1. The number of nitrogens with zero attached hydrogens (tertiary/aromatic N) is 6. The molecule has 12 heteroatoms. The lowest BCUT2D eigenvalue weighted by Crippen LogP contribution is -2.33. The van der Waals surface area contributed by atoms with Gasteiger partial charge in [0.2, 0.25) is 0 Å². The Bertz CT molecular complexity index is 1870. The van der Waals surface area contributed by atoms with Gasteiger partial charge in [-0.2, -0.15) is 0 Å². The number of thiazole rings is 2. The molecule has 2 bridgehead atoms. The molecule has 2 N–H and O–H groups in total. The van der Waals surface area contributed by atoms with Crippen molar-refractivity contribution in [3.8, 4) is 5.75 Å². The molecular weight excluding hydrogens is 631 g/mol. The molecule has 3 fully saturated rings. The fourth-order valence-corrected chi connectivity index (χ4v) is 9.11. The first-order chi connectivity index (χ1) is 22.7. The van der Waals surface area contributed by atoms with Gasteiger partial charge in [-0.05, 0) is 112 Å². The summed E-state index contributed by atoms with van der Waals surface area (Å²) in [6.45, 7) is 3.62. The predicted octanol–water partition coefficient (Wildman–Crippen LogP) is 7.30. The maximum atomic E-state index is 12.1. The average Bonchev–Trinajstić information content (AvgIpc) is 3.81. The number of ether oxygens (including phenoxy) is 1. The normalized spacial score (nSPS) is 20.0. The van der Waals surface area contributed by atoms with E-state index < -0.39 is 5.97 Å². The van der Waals surface area contributed by atoms with Crippen LogP contribution in [0.4, 0.5) is 21.9 Å². The van der Waals surface area contributed by atoms with E-state index in [9.17, 15) is 9.90 Å². The van der Waals surface area contributed by atoms with Gasteiger partial charge in [0, 0.05) is 18.5 Å². The molecular formula is C35H39N7O3S2. The van der Waals surface area contributed by atoms with Crippen molar-refractivity contribution in [2.24, 2.45) is 11.8 Å². The second kappa shape index (κ2) is 12.8. The summed E-state index contributed by atoms with van der Waals surface area (Å²) >= 11 is 2.91. The number of fused-ring (bicyclic) bond motifs is 2. The second-order valence-corrected chi connectivity index (χ2v) is 15.2. The van der Waals surface area contributed by atoms with E-state index in [4.69, 9.17) is 4.74 Å². The molecule has 0 aliphatic heterocycles. The molecule has 0 unspecified atom stereocenters. The Hall–Kier alpha value is -4.13. The molecule has 10 nitrogen and oxygen atoms in total. The van der Waals surface area contributed by atoms with Gasteiger partial charge in [-0.1, -0.05) is 35.6 Å². The summed E-state index contributed by atoms with van der Waals surface area (Å²) in [5, 5.41) is 23.3. The highest BCUT2D eigenvalue weighted by molar-refractivity contribution is 7.22. The standard InChI is InChI=1S/C35H39N7O3S2/c1-21-16-29(39-40-31(21)38-33-36-26-8-5-6-9-27(26)46-33)42(4)34-37-30(32(43)44)28(47-34)10-7-15-45-25-13-11-24(12-14-25)35-17-22(18-35)23(19-35)20-41(2)3/h5-6,8-9,11-14,16,22-23H,7,10,15,17-20H2,1-4H3,(H,43,44)(H,36,38,40)/t22?,23-,35?/m1/s1. The summed E-state index contributed by atoms with van der Waals surface area (Å²) in [4.78, 5) is 26.0. The van der Waals surface area contributed by atoms with Crippen LogP contribution in [0.5, 0.6) is 5.75 Å². The van der Waals surface area contributed by atoms with Crippen LogP contribution in [0.2, 0.25) is 0 Å². The van der Waals surface area contributed by atoms with Gasteiger partial charge in [0.1, 0.15) is 5.75 Å². The Morgan fingerprint density at radius 1 is 1.04 bits per heavy atom. The number of carboxylic acids is 1. The van der Waals surface area contributed by atoms with Crippen LogP contribution < -0.4 is 15.0 Å². The highest BCUT2D eigenvalue weighted by Gasteiger charge is 2.56. The number of aromatic nitrogens is 4. The number of carbonyl (C=O) groups is 1. The number of aryl methyl sites for hydroxylation is 2. The first kappa shape index (κ1) is 31.5. The van der Waals surface area contributed by atoms with Crippen molar-refractivity contribution in [1.82, 2.24) is 25.1 Å². The topological polar surface area (TPSA) is 117 Å². The van der Waals surface area contributed by atoms with E-state index in [0.29, 0.717) is 46.5 Å². The number of hydrogen-bond donors (Lipinski definition) is 2. The minimum atomic E-state index is -1.04. The van der Waals surface area contributed by atoms with Crippen molar-refractivity contribution in [2.45, 2.75) is 44.4 Å². The molecule has 47 heavy (non-hydrogen) atoms. The van der Waals surface area contributed by atoms with Crippen LogP contribution in [-0.4, -0.2) is 70.4 Å². The van der Waals surface area contributed by atoms with Gasteiger partial charge in [-0.25, -0.2) is 14.8 Å². The zero-order valence-corrected chi connectivity index (χ0v) is 28.7. The van der Waals surface area contributed by atoms with Crippen LogP contribution >= 0.6 is 22.7 Å². The van der Waals surface area contributed by atoms with Crippen molar-refractivity contribution in [3.63, 3.8) is 0 Å². The van der Waals surface area contributed by atoms with Gasteiger partial charge in [-0.15, -0.1) is 21.5 Å². The molecule has 244 valence electrons. The molecule has 3 aromatic heterocycles. The molecule has 3 aliphatic rings. The molecule has 2 aromatic carbocycles.